The summed E-state index contributed by atoms with van der Waals surface area (Å²) in [6.07, 6.45) is 5.26. The van der Waals surface area contributed by atoms with Crippen molar-refractivity contribution < 1.29 is 0 Å². The van der Waals surface area contributed by atoms with E-state index in [1.54, 1.807) is 0 Å². The maximum Gasteiger partial charge on any atom is 0.193 e. The van der Waals surface area contributed by atoms with Crippen molar-refractivity contribution >= 4 is 29.9 Å². The average Bonchev–Trinajstić information content (AvgIpc) is 3.25. The van der Waals surface area contributed by atoms with Gasteiger partial charge in [-0.15, -0.1) is 24.0 Å². The van der Waals surface area contributed by atoms with Gasteiger partial charge in [0.15, 0.2) is 5.96 Å². The van der Waals surface area contributed by atoms with Crippen molar-refractivity contribution in [2.75, 3.05) is 34.2 Å². The van der Waals surface area contributed by atoms with Gasteiger partial charge in [-0.25, -0.2) is 0 Å². The lowest BCUT2D eigenvalue weighted by Crippen LogP contribution is -2.39. The van der Waals surface area contributed by atoms with Crippen molar-refractivity contribution in [3.63, 3.8) is 0 Å². The highest BCUT2D eigenvalue weighted by atomic mass is 127. The summed E-state index contributed by atoms with van der Waals surface area (Å²) in [7, 11) is 8.05. The molecule has 0 bridgehead atoms. The highest BCUT2D eigenvalue weighted by molar-refractivity contribution is 14.0. The molecule has 7 heteroatoms. The first kappa shape index (κ1) is 21.7. The number of aryl methyl sites for hydroxylation is 1. The summed E-state index contributed by atoms with van der Waals surface area (Å²) in [6, 6.07) is 8.61. The molecule has 1 fully saturated rings. The van der Waals surface area contributed by atoms with Crippen LogP contribution in [0.4, 0.5) is 0 Å². The molecule has 1 unspecified atom stereocenters. The van der Waals surface area contributed by atoms with Crippen molar-refractivity contribution in [3.05, 3.63) is 53.3 Å². The van der Waals surface area contributed by atoms with E-state index >= 15 is 0 Å². The molecule has 1 aromatic heterocycles. The number of hydrogen-bond acceptors (Lipinski definition) is 3. The molecule has 1 aliphatic heterocycles. The predicted molar refractivity (Wildman–Crippen MR) is 122 cm³/mol. The molecule has 1 aliphatic rings. The van der Waals surface area contributed by atoms with Gasteiger partial charge in [-0.1, -0.05) is 24.3 Å². The van der Waals surface area contributed by atoms with Crippen LogP contribution >= 0.6 is 24.0 Å². The molecule has 1 saturated heterocycles. The van der Waals surface area contributed by atoms with Crippen LogP contribution in [0.2, 0.25) is 0 Å². The van der Waals surface area contributed by atoms with Gasteiger partial charge in [-0.05, 0) is 37.2 Å². The summed E-state index contributed by atoms with van der Waals surface area (Å²) < 4.78 is 1.88. The van der Waals surface area contributed by atoms with Gasteiger partial charge in [-0.3, -0.25) is 9.67 Å². The molecule has 2 aromatic rings. The van der Waals surface area contributed by atoms with Gasteiger partial charge in [0, 0.05) is 52.4 Å². The van der Waals surface area contributed by atoms with Crippen LogP contribution < -0.4 is 5.32 Å². The van der Waals surface area contributed by atoms with Crippen LogP contribution in [0.25, 0.3) is 0 Å². The third-order valence-electron chi connectivity index (χ3n) is 4.94. The maximum atomic E-state index is 4.51. The number of nitrogens with zero attached hydrogens (tertiary/aromatic N) is 5. The molecular weight excluding hydrogens is 451 g/mol. The molecule has 1 N–H and O–H groups in total. The standard InChI is InChI=1S/C20H30N6.HI/c1-21-20(22-11-16-7-5-6-8-17(16)13-24(2)3)26-10-9-18(15-26)19-12-23-25(4)14-19;/h5-8,12,14,18H,9-11,13,15H2,1-4H3,(H,21,22);1H. The Hall–Kier alpha value is -1.61. The quantitative estimate of drug-likeness (QED) is 0.405. The summed E-state index contributed by atoms with van der Waals surface area (Å²) in [4.78, 5) is 9.06. The fourth-order valence-electron chi connectivity index (χ4n) is 3.61. The molecule has 2 heterocycles. The number of halogens is 1. The van der Waals surface area contributed by atoms with Crippen LogP contribution in [0.1, 0.15) is 29.0 Å². The second kappa shape index (κ2) is 10.1. The van der Waals surface area contributed by atoms with E-state index in [1.165, 1.54) is 16.7 Å². The van der Waals surface area contributed by atoms with Gasteiger partial charge in [0.25, 0.3) is 0 Å². The van der Waals surface area contributed by atoms with E-state index in [0.29, 0.717) is 5.92 Å². The summed E-state index contributed by atoms with van der Waals surface area (Å²) in [5.41, 5.74) is 4.00. The van der Waals surface area contributed by atoms with Gasteiger partial charge >= 0.3 is 0 Å². The molecule has 6 nitrogen and oxygen atoms in total. The normalized spacial score (nSPS) is 17.3. The predicted octanol–water partition coefficient (Wildman–Crippen LogP) is 2.66. The third-order valence-corrected chi connectivity index (χ3v) is 4.94. The number of hydrogen-bond donors (Lipinski definition) is 1. The SMILES string of the molecule is CN=C(NCc1ccccc1CN(C)C)N1CCC(c2cnn(C)c2)C1.I. The largest absolute Gasteiger partial charge is 0.352 e. The minimum atomic E-state index is 0. The van der Waals surface area contributed by atoms with Gasteiger partial charge in [0.2, 0.25) is 0 Å². The fraction of sp³-hybridized carbons (Fsp3) is 0.500. The second-order valence-corrected chi connectivity index (χ2v) is 7.29. The van der Waals surface area contributed by atoms with Crippen molar-refractivity contribution in [2.45, 2.75) is 25.4 Å². The maximum absolute atomic E-state index is 4.51. The van der Waals surface area contributed by atoms with Gasteiger partial charge in [0.1, 0.15) is 0 Å². The summed E-state index contributed by atoms with van der Waals surface area (Å²) in [5.74, 6) is 1.51. The van der Waals surface area contributed by atoms with Gasteiger partial charge in [0.05, 0.1) is 6.20 Å². The Balaban J connectivity index is 0.00000261. The Morgan fingerprint density at radius 2 is 2.04 bits per heavy atom. The Bertz CT molecular complexity index is 754. The number of rotatable bonds is 5. The Morgan fingerprint density at radius 3 is 2.67 bits per heavy atom. The van der Waals surface area contributed by atoms with Crippen molar-refractivity contribution in [3.8, 4) is 0 Å². The monoisotopic (exact) mass is 482 g/mol. The smallest absolute Gasteiger partial charge is 0.193 e. The van der Waals surface area contributed by atoms with Crippen LogP contribution in [-0.4, -0.2) is 59.8 Å². The molecule has 27 heavy (non-hydrogen) atoms. The van der Waals surface area contributed by atoms with Crippen LogP contribution in [0, 0.1) is 0 Å². The topological polar surface area (TPSA) is 48.7 Å². The Labute approximate surface area is 179 Å². The third kappa shape index (κ3) is 5.68. The summed E-state index contributed by atoms with van der Waals surface area (Å²) >= 11 is 0. The summed E-state index contributed by atoms with van der Waals surface area (Å²) in [6.45, 7) is 3.76. The molecule has 0 aliphatic carbocycles. The van der Waals surface area contributed by atoms with Crippen LogP contribution in [0.3, 0.4) is 0 Å². The first-order chi connectivity index (χ1) is 12.6. The molecule has 3 rings (SSSR count). The number of benzene rings is 1. The molecule has 148 valence electrons. The molecule has 0 radical (unpaired) electrons. The molecule has 1 aromatic carbocycles. The number of guanidine groups is 1. The minimum absolute atomic E-state index is 0. The zero-order chi connectivity index (χ0) is 18.5. The molecule has 0 spiro atoms. The Kier molecular flexibility index (Phi) is 8.09. The van der Waals surface area contributed by atoms with Gasteiger partial charge in [-0.2, -0.15) is 5.10 Å². The lowest BCUT2D eigenvalue weighted by atomic mass is 10.0. The van der Waals surface area contributed by atoms with Crippen LogP contribution in [-0.2, 0) is 20.1 Å². The highest BCUT2D eigenvalue weighted by Crippen LogP contribution is 2.26. The van der Waals surface area contributed by atoms with Crippen molar-refractivity contribution in [1.82, 2.24) is 24.9 Å². The molecule has 0 amide bonds. The van der Waals surface area contributed by atoms with E-state index in [-0.39, 0.29) is 24.0 Å². The fourth-order valence-corrected chi connectivity index (χ4v) is 3.61. The lowest BCUT2D eigenvalue weighted by Gasteiger charge is -2.22. The molecule has 0 saturated carbocycles. The minimum Gasteiger partial charge on any atom is -0.352 e. The number of likely N-dealkylation sites (tertiary alicyclic amines) is 1. The van der Waals surface area contributed by atoms with E-state index in [0.717, 1.165) is 38.6 Å². The number of aromatic nitrogens is 2. The number of aliphatic imine (C=N–C) groups is 1. The van der Waals surface area contributed by atoms with Crippen molar-refractivity contribution in [2.24, 2.45) is 12.0 Å². The Morgan fingerprint density at radius 1 is 1.30 bits per heavy atom. The van der Waals surface area contributed by atoms with E-state index in [9.17, 15) is 0 Å². The van der Waals surface area contributed by atoms with E-state index < -0.39 is 0 Å². The zero-order valence-electron chi connectivity index (χ0n) is 16.7. The average molecular weight is 482 g/mol. The van der Waals surface area contributed by atoms with E-state index in [2.05, 4.69) is 69.8 Å². The molecular formula is C20H31IN6. The highest BCUT2D eigenvalue weighted by Gasteiger charge is 2.26. The first-order valence-electron chi connectivity index (χ1n) is 9.22. The van der Waals surface area contributed by atoms with Crippen molar-refractivity contribution in [1.29, 1.82) is 0 Å². The second-order valence-electron chi connectivity index (χ2n) is 7.29. The van der Waals surface area contributed by atoms with Gasteiger partial charge < -0.3 is 15.1 Å². The first-order valence-corrected chi connectivity index (χ1v) is 9.22. The van der Waals surface area contributed by atoms with E-state index in [4.69, 9.17) is 0 Å². The van der Waals surface area contributed by atoms with Crippen LogP contribution in [0.5, 0.6) is 0 Å². The lowest BCUT2D eigenvalue weighted by molar-refractivity contribution is 0.400. The van der Waals surface area contributed by atoms with Crippen LogP contribution in [0.15, 0.2) is 41.7 Å². The summed E-state index contributed by atoms with van der Waals surface area (Å²) in [5, 5.41) is 7.86. The molecule has 1 atom stereocenters. The number of nitrogens with one attached hydrogen (secondary N) is 1. The zero-order valence-corrected chi connectivity index (χ0v) is 19.1. The van der Waals surface area contributed by atoms with E-state index in [1.807, 2.05) is 25.0 Å².